The van der Waals surface area contributed by atoms with E-state index in [0.717, 1.165) is 17.4 Å². The van der Waals surface area contributed by atoms with Crippen LogP contribution in [-0.2, 0) is 24.7 Å². The van der Waals surface area contributed by atoms with Crippen molar-refractivity contribution in [3.63, 3.8) is 0 Å². The standard InChI is InChI=1S/C19H22ClF4N5/c20-12-1-2-15(21)14(9-12)18(11-25)5-3-13(4-6-18)28-7-8-29-16(10-28)26-27-17(29)19(22,23)24/h1-2,9,13H,3-8,10-11,25H2. The summed E-state index contributed by atoms with van der Waals surface area (Å²) < 4.78 is 54.7. The van der Waals surface area contributed by atoms with Crippen molar-refractivity contribution in [1.82, 2.24) is 19.7 Å². The second kappa shape index (κ2) is 7.52. The summed E-state index contributed by atoms with van der Waals surface area (Å²) in [4.78, 5) is 2.15. The maximum absolute atomic E-state index is 14.5. The quantitative estimate of drug-likeness (QED) is 0.752. The summed E-state index contributed by atoms with van der Waals surface area (Å²) in [6.07, 6.45) is -1.54. The van der Waals surface area contributed by atoms with Gasteiger partial charge in [-0.2, -0.15) is 13.2 Å². The molecule has 0 unspecified atom stereocenters. The van der Waals surface area contributed by atoms with Crippen molar-refractivity contribution >= 4 is 11.6 Å². The normalized spacial score (nSPS) is 25.8. The third-order valence-corrected chi connectivity index (χ3v) is 6.59. The molecule has 4 rings (SSSR count). The van der Waals surface area contributed by atoms with Gasteiger partial charge in [0.15, 0.2) is 0 Å². The molecule has 10 heteroatoms. The summed E-state index contributed by atoms with van der Waals surface area (Å²) in [5, 5.41) is 7.56. The van der Waals surface area contributed by atoms with Gasteiger partial charge in [0.1, 0.15) is 11.6 Å². The van der Waals surface area contributed by atoms with Crippen LogP contribution in [0.2, 0.25) is 5.02 Å². The van der Waals surface area contributed by atoms with E-state index in [4.69, 9.17) is 17.3 Å². The Labute approximate surface area is 170 Å². The first-order valence-electron chi connectivity index (χ1n) is 9.62. The molecular weight excluding hydrogens is 410 g/mol. The van der Waals surface area contributed by atoms with Gasteiger partial charge in [-0.3, -0.25) is 4.90 Å². The van der Waals surface area contributed by atoms with Crippen LogP contribution < -0.4 is 5.73 Å². The molecule has 1 aliphatic heterocycles. The molecule has 1 saturated carbocycles. The van der Waals surface area contributed by atoms with E-state index in [9.17, 15) is 17.6 Å². The third-order valence-electron chi connectivity index (χ3n) is 6.36. The molecule has 29 heavy (non-hydrogen) atoms. The summed E-state index contributed by atoms with van der Waals surface area (Å²) >= 11 is 6.08. The lowest BCUT2D eigenvalue weighted by Gasteiger charge is -2.44. The van der Waals surface area contributed by atoms with Gasteiger partial charge in [-0.05, 0) is 49.4 Å². The van der Waals surface area contributed by atoms with Crippen LogP contribution in [0, 0.1) is 5.82 Å². The number of nitrogens with two attached hydrogens (primary N) is 1. The molecule has 0 bridgehead atoms. The number of hydrogen-bond acceptors (Lipinski definition) is 4. The van der Waals surface area contributed by atoms with E-state index >= 15 is 0 Å². The highest BCUT2D eigenvalue weighted by molar-refractivity contribution is 6.30. The number of fused-ring (bicyclic) bond motifs is 1. The molecule has 1 aliphatic carbocycles. The molecule has 0 atom stereocenters. The molecule has 0 amide bonds. The first-order valence-corrected chi connectivity index (χ1v) is 10.0. The van der Waals surface area contributed by atoms with Crippen LogP contribution in [0.25, 0.3) is 0 Å². The summed E-state index contributed by atoms with van der Waals surface area (Å²) in [5.41, 5.74) is 6.16. The molecule has 2 N–H and O–H groups in total. The molecule has 2 heterocycles. The fourth-order valence-electron chi connectivity index (χ4n) is 4.71. The Balaban J connectivity index is 1.47. The van der Waals surface area contributed by atoms with E-state index < -0.39 is 17.4 Å². The van der Waals surface area contributed by atoms with Crippen molar-refractivity contribution in [2.45, 2.75) is 56.4 Å². The molecule has 158 valence electrons. The number of aromatic nitrogens is 3. The van der Waals surface area contributed by atoms with Crippen LogP contribution in [0.4, 0.5) is 17.6 Å². The van der Waals surface area contributed by atoms with Gasteiger partial charge >= 0.3 is 6.18 Å². The van der Waals surface area contributed by atoms with Gasteiger partial charge in [0.25, 0.3) is 0 Å². The smallest absolute Gasteiger partial charge is 0.330 e. The second-order valence-corrected chi connectivity index (χ2v) is 8.34. The molecule has 1 aromatic heterocycles. The number of alkyl halides is 3. The molecule has 2 aliphatic rings. The summed E-state index contributed by atoms with van der Waals surface area (Å²) in [5.74, 6) is -0.904. The SMILES string of the molecule is NCC1(c2cc(Cl)ccc2F)CCC(N2CCn3c(nnc3C(F)(F)F)C2)CC1. The number of benzene rings is 1. The van der Waals surface area contributed by atoms with Crippen LogP contribution >= 0.6 is 11.6 Å². The second-order valence-electron chi connectivity index (χ2n) is 7.90. The average Bonchev–Trinajstić information content (AvgIpc) is 3.13. The lowest BCUT2D eigenvalue weighted by molar-refractivity contribution is -0.148. The predicted octanol–water partition coefficient (Wildman–Crippen LogP) is 3.74. The van der Waals surface area contributed by atoms with Gasteiger partial charge in [0.2, 0.25) is 5.82 Å². The van der Waals surface area contributed by atoms with Crippen molar-refractivity contribution in [1.29, 1.82) is 0 Å². The first kappa shape index (κ1) is 20.6. The van der Waals surface area contributed by atoms with Crippen LogP contribution in [-0.4, -0.2) is 38.8 Å². The van der Waals surface area contributed by atoms with Crippen molar-refractivity contribution in [3.8, 4) is 0 Å². The van der Waals surface area contributed by atoms with Crippen molar-refractivity contribution in [2.75, 3.05) is 13.1 Å². The number of hydrogen-bond donors (Lipinski definition) is 1. The largest absolute Gasteiger partial charge is 0.451 e. The third kappa shape index (κ3) is 3.75. The molecule has 1 fully saturated rings. The van der Waals surface area contributed by atoms with E-state index in [2.05, 4.69) is 15.1 Å². The highest BCUT2D eigenvalue weighted by Crippen LogP contribution is 2.42. The van der Waals surface area contributed by atoms with E-state index in [-0.39, 0.29) is 18.4 Å². The van der Waals surface area contributed by atoms with Gasteiger partial charge < -0.3 is 10.3 Å². The minimum absolute atomic E-state index is 0.191. The van der Waals surface area contributed by atoms with Gasteiger partial charge in [-0.1, -0.05) is 11.6 Å². The molecule has 0 radical (unpaired) electrons. The Bertz CT molecular complexity index is 889. The van der Waals surface area contributed by atoms with E-state index in [1.807, 2.05) is 0 Å². The lowest BCUT2D eigenvalue weighted by Crippen LogP contribution is -2.48. The maximum atomic E-state index is 14.5. The minimum Gasteiger partial charge on any atom is -0.330 e. The molecular formula is C19H22ClF4N5. The Morgan fingerprint density at radius 2 is 1.90 bits per heavy atom. The first-order chi connectivity index (χ1) is 13.7. The van der Waals surface area contributed by atoms with E-state index in [0.29, 0.717) is 48.9 Å². The lowest BCUT2D eigenvalue weighted by atomic mass is 9.67. The number of halogens is 5. The Hall–Kier alpha value is -1.71. The number of rotatable bonds is 3. The highest BCUT2D eigenvalue weighted by atomic mass is 35.5. The van der Waals surface area contributed by atoms with Crippen molar-refractivity contribution in [3.05, 3.63) is 46.3 Å². The van der Waals surface area contributed by atoms with E-state index in [1.165, 1.54) is 12.1 Å². The Morgan fingerprint density at radius 3 is 2.55 bits per heavy atom. The topological polar surface area (TPSA) is 60.0 Å². The maximum Gasteiger partial charge on any atom is 0.451 e. The number of nitrogens with zero attached hydrogens (tertiary/aromatic N) is 4. The Morgan fingerprint density at radius 1 is 1.17 bits per heavy atom. The van der Waals surface area contributed by atoms with Crippen molar-refractivity contribution in [2.24, 2.45) is 5.73 Å². The highest BCUT2D eigenvalue weighted by Gasteiger charge is 2.42. The van der Waals surface area contributed by atoms with Gasteiger partial charge in [-0.25, -0.2) is 4.39 Å². The summed E-state index contributed by atoms with van der Waals surface area (Å²) in [6.45, 7) is 1.35. The van der Waals surface area contributed by atoms with Gasteiger partial charge in [0, 0.05) is 36.1 Å². The zero-order chi connectivity index (χ0) is 20.8. The fraction of sp³-hybridized carbons (Fsp3) is 0.579. The molecule has 0 saturated heterocycles. The summed E-state index contributed by atoms with van der Waals surface area (Å²) in [7, 11) is 0. The van der Waals surface area contributed by atoms with Crippen LogP contribution in [0.5, 0.6) is 0 Å². The molecule has 1 aromatic carbocycles. The zero-order valence-corrected chi connectivity index (χ0v) is 16.5. The molecule has 5 nitrogen and oxygen atoms in total. The fourth-order valence-corrected chi connectivity index (χ4v) is 4.88. The molecule has 2 aromatic rings. The van der Waals surface area contributed by atoms with Crippen LogP contribution in [0.1, 0.15) is 42.9 Å². The van der Waals surface area contributed by atoms with Crippen LogP contribution in [0.3, 0.4) is 0 Å². The van der Waals surface area contributed by atoms with Crippen molar-refractivity contribution < 1.29 is 17.6 Å². The summed E-state index contributed by atoms with van der Waals surface area (Å²) in [6, 6.07) is 4.75. The predicted molar refractivity (Wildman–Crippen MR) is 99.8 cm³/mol. The molecule has 0 spiro atoms. The Kier molecular flexibility index (Phi) is 5.33. The zero-order valence-electron chi connectivity index (χ0n) is 15.7. The van der Waals surface area contributed by atoms with Gasteiger partial charge in [-0.15, -0.1) is 10.2 Å². The average molecular weight is 432 g/mol. The van der Waals surface area contributed by atoms with Gasteiger partial charge in [0.05, 0.1) is 6.54 Å². The minimum atomic E-state index is -4.50. The monoisotopic (exact) mass is 431 g/mol. The van der Waals surface area contributed by atoms with Crippen LogP contribution in [0.15, 0.2) is 18.2 Å². The van der Waals surface area contributed by atoms with E-state index in [1.54, 1.807) is 6.07 Å².